The van der Waals surface area contributed by atoms with Gasteiger partial charge in [-0.3, -0.25) is 4.79 Å². The van der Waals surface area contributed by atoms with Crippen molar-refractivity contribution in [3.63, 3.8) is 0 Å². The number of nitrogens with zero attached hydrogens (tertiary/aromatic N) is 1. The van der Waals surface area contributed by atoms with E-state index in [0.717, 1.165) is 10.9 Å². The second-order valence-corrected chi connectivity index (χ2v) is 4.70. The van der Waals surface area contributed by atoms with Crippen LogP contribution in [0.1, 0.15) is 23.8 Å². The Morgan fingerprint density at radius 3 is 2.72 bits per heavy atom. The lowest BCUT2D eigenvalue weighted by Gasteiger charge is -2.13. The van der Waals surface area contributed by atoms with E-state index in [9.17, 15) is 9.59 Å². The Morgan fingerprint density at radius 2 is 2.22 bits per heavy atom. The molecule has 0 unspecified atom stereocenters. The number of carboxylic acids is 1. The van der Waals surface area contributed by atoms with Crippen molar-refractivity contribution in [2.24, 2.45) is 0 Å². The molecular weight excluding hydrogens is 304 g/mol. The molecule has 0 spiro atoms. The minimum Gasteiger partial charge on any atom is -0.480 e. The van der Waals surface area contributed by atoms with Gasteiger partial charge >= 0.3 is 5.97 Å². The maximum atomic E-state index is 11.9. The predicted octanol–water partition coefficient (Wildman–Crippen LogP) is 0.836. The summed E-state index contributed by atoms with van der Waals surface area (Å²) in [7, 11) is 0. The number of aliphatic hydroxyl groups excluding tert-OH is 1. The molecule has 0 aliphatic carbocycles. The number of halogens is 1. The second-order valence-electron chi connectivity index (χ2n) is 3.78. The van der Waals surface area contributed by atoms with Gasteiger partial charge in [0.05, 0.1) is 6.61 Å². The average Bonchev–Trinajstić information content (AvgIpc) is 2.67. The van der Waals surface area contributed by atoms with Crippen molar-refractivity contribution in [2.75, 3.05) is 6.61 Å². The lowest BCUT2D eigenvalue weighted by molar-refractivity contribution is -0.140. The van der Waals surface area contributed by atoms with E-state index in [2.05, 4.69) is 21.2 Å². The number of nitrogens with one attached hydrogen (secondary N) is 1. The van der Waals surface area contributed by atoms with E-state index in [-0.39, 0.29) is 0 Å². The Balaban J connectivity index is 2.86. The minimum absolute atomic E-state index is 0.364. The quantitative estimate of drug-likeness (QED) is 0.724. The van der Waals surface area contributed by atoms with Gasteiger partial charge in [0.2, 0.25) is 0 Å². The third-order valence-electron chi connectivity index (χ3n) is 2.35. The van der Waals surface area contributed by atoms with Crippen molar-refractivity contribution >= 4 is 27.8 Å². The summed E-state index contributed by atoms with van der Waals surface area (Å²) in [4.78, 5) is 22.6. The number of rotatable bonds is 6. The zero-order valence-corrected chi connectivity index (χ0v) is 11.5. The normalized spacial score (nSPS) is 12.2. The summed E-state index contributed by atoms with van der Waals surface area (Å²) < 4.78 is 2.48. The molecule has 1 aromatic rings. The molecule has 7 heteroatoms. The maximum absolute atomic E-state index is 11.9. The number of aliphatic carboxylic acids is 1. The van der Waals surface area contributed by atoms with Crippen molar-refractivity contribution < 1.29 is 19.8 Å². The SMILES string of the molecule is CCCn1cc(Br)cc1C(=O)N[C@@H](CO)C(=O)O. The van der Waals surface area contributed by atoms with E-state index in [0.29, 0.717) is 12.2 Å². The molecule has 0 bridgehead atoms. The van der Waals surface area contributed by atoms with Crippen LogP contribution in [0.3, 0.4) is 0 Å². The molecule has 0 saturated heterocycles. The van der Waals surface area contributed by atoms with Crippen LogP contribution in [0.15, 0.2) is 16.7 Å². The summed E-state index contributed by atoms with van der Waals surface area (Å²) in [6, 6.07) is 0.322. The first-order valence-electron chi connectivity index (χ1n) is 5.49. The average molecular weight is 319 g/mol. The first-order valence-corrected chi connectivity index (χ1v) is 6.29. The number of aliphatic hydroxyl groups is 1. The number of hydrogen-bond donors (Lipinski definition) is 3. The van der Waals surface area contributed by atoms with E-state index < -0.39 is 24.5 Å². The topological polar surface area (TPSA) is 91.6 Å². The Labute approximate surface area is 113 Å². The molecule has 1 amide bonds. The van der Waals surface area contributed by atoms with Gasteiger partial charge < -0.3 is 20.1 Å². The zero-order chi connectivity index (χ0) is 13.7. The highest BCUT2D eigenvalue weighted by atomic mass is 79.9. The van der Waals surface area contributed by atoms with Gasteiger partial charge in [-0.2, -0.15) is 0 Å². The molecule has 6 nitrogen and oxygen atoms in total. The standard InChI is InChI=1S/C11H15BrN2O4/c1-2-3-14-5-7(12)4-9(14)10(16)13-8(6-15)11(17)18/h4-5,8,15H,2-3,6H2,1H3,(H,13,16)(H,17,18)/t8-/m0/s1. The summed E-state index contributed by atoms with van der Waals surface area (Å²) in [5, 5.41) is 19.9. The van der Waals surface area contributed by atoms with E-state index in [1.54, 1.807) is 16.8 Å². The largest absolute Gasteiger partial charge is 0.480 e. The van der Waals surface area contributed by atoms with Gasteiger partial charge in [-0.25, -0.2) is 4.79 Å². The van der Waals surface area contributed by atoms with Gasteiger partial charge in [0.1, 0.15) is 5.69 Å². The molecule has 18 heavy (non-hydrogen) atoms. The number of carbonyl (C=O) groups is 2. The first kappa shape index (κ1) is 14.7. The molecule has 1 rings (SSSR count). The Hall–Kier alpha value is -1.34. The molecular formula is C11H15BrN2O4. The van der Waals surface area contributed by atoms with Crippen LogP contribution in [-0.2, 0) is 11.3 Å². The molecule has 3 N–H and O–H groups in total. The van der Waals surface area contributed by atoms with Crippen LogP contribution in [0.4, 0.5) is 0 Å². The minimum atomic E-state index is -1.29. The van der Waals surface area contributed by atoms with E-state index in [1.807, 2.05) is 6.92 Å². The maximum Gasteiger partial charge on any atom is 0.328 e. The number of amides is 1. The molecule has 1 heterocycles. The van der Waals surface area contributed by atoms with Crippen molar-refractivity contribution in [3.8, 4) is 0 Å². The summed E-state index contributed by atoms with van der Waals surface area (Å²) in [6.07, 6.45) is 2.61. The van der Waals surface area contributed by atoms with Gasteiger partial charge in [-0.1, -0.05) is 6.92 Å². The smallest absolute Gasteiger partial charge is 0.328 e. The van der Waals surface area contributed by atoms with Crippen LogP contribution in [-0.4, -0.2) is 39.3 Å². The third-order valence-corrected chi connectivity index (χ3v) is 2.78. The Bertz CT molecular complexity index is 444. The summed E-state index contributed by atoms with van der Waals surface area (Å²) >= 11 is 3.27. The van der Waals surface area contributed by atoms with E-state index >= 15 is 0 Å². The highest BCUT2D eigenvalue weighted by molar-refractivity contribution is 9.10. The van der Waals surface area contributed by atoms with Crippen molar-refractivity contribution in [2.45, 2.75) is 25.9 Å². The second kappa shape index (κ2) is 6.55. The molecule has 1 atom stereocenters. The van der Waals surface area contributed by atoms with Gasteiger partial charge in [-0.05, 0) is 28.4 Å². The number of aryl methyl sites for hydroxylation is 1. The summed E-state index contributed by atoms with van der Waals surface area (Å²) in [5.41, 5.74) is 0.364. The zero-order valence-electron chi connectivity index (χ0n) is 9.89. The first-order chi connectivity index (χ1) is 8.49. The van der Waals surface area contributed by atoms with Crippen LogP contribution < -0.4 is 5.32 Å². The van der Waals surface area contributed by atoms with Crippen LogP contribution in [0.25, 0.3) is 0 Å². The molecule has 0 saturated carbocycles. The fourth-order valence-electron chi connectivity index (χ4n) is 1.51. The highest BCUT2D eigenvalue weighted by Gasteiger charge is 2.21. The van der Waals surface area contributed by atoms with Crippen LogP contribution in [0.2, 0.25) is 0 Å². The number of carbonyl (C=O) groups excluding carboxylic acids is 1. The number of hydrogen-bond acceptors (Lipinski definition) is 3. The van der Waals surface area contributed by atoms with Gasteiger partial charge in [0.25, 0.3) is 5.91 Å². The highest BCUT2D eigenvalue weighted by Crippen LogP contribution is 2.15. The molecule has 0 fully saturated rings. The van der Waals surface area contributed by atoms with Crippen molar-refractivity contribution in [1.82, 2.24) is 9.88 Å². The number of aromatic nitrogens is 1. The third kappa shape index (κ3) is 3.58. The van der Waals surface area contributed by atoms with E-state index in [4.69, 9.17) is 10.2 Å². The molecule has 0 aliphatic heterocycles. The number of carboxylic acid groups (broad SMARTS) is 1. The lowest BCUT2D eigenvalue weighted by Crippen LogP contribution is -2.43. The van der Waals surface area contributed by atoms with Crippen molar-refractivity contribution in [3.05, 3.63) is 22.4 Å². The Kier molecular flexibility index (Phi) is 5.36. The van der Waals surface area contributed by atoms with Gasteiger partial charge in [0, 0.05) is 17.2 Å². The van der Waals surface area contributed by atoms with Gasteiger partial charge in [0.15, 0.2) is 6.04 Å². The fourth-order valence-corrected chi connectivity index (χ4v) is 1.97. The predicted molar refractivity (Wildman–Crippen MR) is 68.4 cm³/mol. The lowest BCUT2D eigenvalue weighted by atomic mass is 10.3. The molecule has 0 aromatic carbocycles. The Morgan fingerprint density at radius 1 is 1.56 bits per heavy atom. The molecule has 100 valence electrons. The summed E-state index contributed by atoms with van der Waals surface area (Å²) in [6.45, 7) is 1.99. The summed E-state index contributed by atoms with van der Waals surface area (Å²) in [5.74, 6) is -1.78. The van der Waals surface area contributed by atoms with Crippen LogP contribution in [0, 0.1) is 0 Å². The molecule has 0 aliphatic rings. The van der Waals surface area contributed by atoms with Gasteiger partial charge in [-0.15, -0.1) is 0 Å². The molecule has 0 radical (unpaired) electrons. The fraction of sp³-hybridized carbons (Fsp3) is 0.455. The van der Waals surface area contributed by atoms with Crippen LogP contribution in [0.5, 0.6) is 0 Å². The molecule has 1 aromatic heterocycles. The van der Waals surface area contributed by atoms with Crippen LogP contribution >= 0.6 is 15.9 Å². The monoisotopic (exact) mass is 318 g/mol. The van der Waals surface area contributed by atoms with E-state index in [1.165, 1.54) is 0 Å². The van der Waals surface area contributed by atoms with Crippen molar-refractivity contribution in [1.29, 1.82) is 0 Å².